The number of hydrogen-bond acceptors (Lipinski definition) is 14. The van der Waals surface area contributed by atoms with E-state index in [9.17, 15) is 29.4 Å². The van der Waals surface area contributed by atoms with Crippen LogP contribution < -0.4 is 26.1 Å². The Bertz CT molecular complexity index is 1130. The molecule has 0 bridgehead atoms. The van der Waals surface area contributed by atoms with Crippen LogP contribution in [0.1, 0.15) is 38.5 Å². The monoisotopic (exact) mass is 751 g/mol. The van der Waals surface area contributed by atoms with Gasteiger partial charge in [-0.3, -0.25) is 9.59 Å². The molecule has 3 heterocycles. The van der Waals surface area contributed by atoms with Crippen molar-refractivity contribution < 1.29 is 53.2 Å². The Kier molecular flexibility index (Phi) is 20.5. The third-order valence-corrected chi connectivity index (χ3v) is 11.1. The average molecular weight is 752 g/mol. The van der Waals surface area contributed by atoms with Gasteiger partial charge in [-0.2, -0.15) is 11.8 Å². The number of rotatable bonds is 28. The van der Waals surface area contributed by atoms with Crippen molar-refractivity contribution in [2.24, 2.45) is 0 Å². The molecule has 49 heavy (non-hydrogen) atoms. The lowest BCUT2D eigenvalue weighted by molar-refractivity contribution is -0.144. The summed E-state index contributed by atoms with van der Waals surface area (Å²) >= 11 is 1.89. The molecule has 0 spiro atoms. The summed E-state index contributed by atoms with van der Waals surface area (Å²) in [6.45, 7) is 4.13. The van der Waals surface area contributed by atoms with E-state index >= 15 is 0 Å². The number of fused-ring (bicyclic) bond motifs is 1. The SMILES string of the molecule is O=C(CCCC[C@@H]1SC[C@@H]2NC(=O)N[C@@H]21)NCCOCCOCCOCCOCCC(=O)NCCSSCCC(=O)On1c(O)ccc1O. The molecular formula is C30H49N5O11S3. The van der Waals surface area contributed by atoms with Crippen LogP contribution in [0, 0.1) is 0 Å². The third-order valence-electron chi connectivity index (χ3n) is 7.21. The molecule has 2 aliphatic rings. The van der Waals surface area contributed by atoms with Crippen molar-refractivity contribution in [1.82, 2.24) is 26.0 Å². The van der Waals surface area contributed by atoms with E-state index in [1.807, 2.05) is 11.8 Å². The van der Waals surface area contributed by atoms with Crippen molar-refractivity contribution >= 4 is 57.2 Å². The highest BCUT2D eigenvalue weighted by Gasteiger charge is 2.42. The van der Waals surface area contributed by atoms with E-state index in [-0.39, 0.29) is 54.5 Å². The summed E-state index contributed by atoms with van der Waals surface area (Å²) in [5, 5.41) is 31.0. The van der Waals surface area contributed by atoms with Crippen LogP contribution >= 0.6 is 33.3 Å². The molecule has 4 amide bonds. The van der Waals surface area contributed by atoms with Gasteiger partial charge in [0.05, 0.1) is 71.4 Å². The van der Waals surface area contributed by atoms with Crippen LogP contribution in [-0.4, -0.2) is 139 Å². The summed E-state index contributed by atoms with van der Waals surface area (Å²) in [6.07, 6.45) is 3.62. The Labute approximate surface area is 298 Å². The van der Waals surface area contributed by atoms with Crippen LogP contribution in [0.3, 0.4) is 0 Å². The zero-order valence-corrected chi connectivity index (χ0v) is 30.0. The average Bonchev–Trinajstić information content (AvgIpc) is 3.74. The molecule has 1 aromatic heterocycles. The van der Waals surface area contributed by atoms with E-state index in [0.717, 1.165) is 25.0 Å². The smallest absolute Gasteiger partial charge is 0.334 e. The van der Waals surface area contributed by atoms with Crippen molar-refractivity contribution in [3.63, 3.8) is 0 Å². The first-order valence-corrected chi connectivity index (χ1v) is 20.0. The zero-order valence-electron chi connectivity index (χ0n) is 27.6. The van der Waals surface area contributed by atoms with Crippen LogP contribution in [0.25, 0.3) is 0 Å². The molecule has 2 fully saturated rings. The number of unbranched alkanes of at least 4 members (excludes halogenated alkanes) is 1. The highest BCUT2D eigenvalue weighted by Crippen LogP contribution is 2.33. The third kappa shape index (κ3) is 17.3. The number of hydrogen-bond donors (Lipinski definition) is 6. The molecule has 0 unspecified atom stereocenters. The maximum atomic E-state index is 12.0. The number of ether oxygens (including phenoxy) is 4. The molecule has 3 atom stereocenters. The Hall–Kier alpha value is -2.55. The van der Waals surface area contributed by atoms with Crippen LogP contribution in [0.2, 0.25) is 0 Å². The number of thioether (sulfide) groups is 1. The number of aromatic hydroxyl groups is 2. The number of amides is 4. The maximum absolute atomic E-state index is 12.0. The summed E-state index contributed by atoms with van der Waals surface area (Å²) < 4.78 is 22.5. The second-order valence-corrected chi connectivity index (χ2v) is 14.9. The Morgan fingerprint density at radius 1 is 0.796 bits per heavy atom. The Morgan fingerprint density at radius 3 is 2.12 bits per heavy atom. The Morgan fingerprint density at radius 2 is 1.41 bits per heavy atom. The van der Waals surface area contributed by atoms with Crippen LogP contribution in [0.4, 0.5) is 4.79 Å². The Balaban J connectivity index is 0.972. The van der Waals surface area contributed by atoms with E-state index in [2.05, 4.69) is 21.3 Å². The number of urea groups is 1. The van der Waals surface area contributed by atoms with Crippen molar-refractivity contribution in [3.8, 4) is 11.8 Å². The lowest BCUT2D eigenvalue weighted by atomic mass is 10.0. The first kappa shape index (κ1) is 40.9. The summed E-state index contributed by atoms with van der Waals surface area (Å²) in [5.41, 5.74) is 0. The number of nitrogens with zero attached hydrogens (tertiary/aromatic N) is 1. The second-order valence-electron chi connectivity index (χ2n) is 11.0. The van der Waals surface area contributed by atoms with Crippen LogP contribution in [0.5, 0.6) is 11.8 Å². The van der Waals surface area contributed by atoms with E-state index in [0.29, 0.717) is 93.9 Å². The number of carbonyl (C=O) groups is 4. The fourth-order valence-corrected chi connectivity index (χ4v) is 8.18. The molecule has 0 aromatic carbocycles. The van der Waals surface area contributed by atoms with Crippen molar-refractivity contribution in [1.29, 1.82) is 0 Å². The summed E-state index contributed by atoms with van der Waals surface area (Å²) in [6, 6.07) is 2.79. The van der Waals surface area contributed by atoms with E-state index in [4.69, 9.17) is 23.8 Å². The van der Waals surface area contributed by atoms with Gasteiger partial charge in [-0.25, -0.2) is 9.59 Å². The van der Waals surface area contributed by atoms with Crippen molar-refractivity contribution in [3.05, 3.63) is 12.1 Å². The molecule has 3 rings (SSSR count). The molecular weight excluding hydrogens is 703 g/mol. The molecule has 1 aromatic rings. The molecule has 0 aliphatic carbocycles. The largest absolute Gasteiger partial charge is 0.492 e. The fourth-order valence-electron chi connectivity index (χ4n) is 4.76. The van der Waals surface area contributed by atoms with Gasteiger partial charge in [0, 0.05) is 60.6 Å². The highest BCUT2D eigenvalue weighted by molar-refractivity contribution is 8.76. The maximum Gasteiger partial charge on any atom is 0.334 e. The van der Waals surface area contributed by atoms with Gasteiger partial charge in [0.2, 0.25) is 23.6 Å². The van der Waals surface area contributed by atoms with Crippen molar-refractivity contribution in [2.45, 2.75) is 55.9 Å². The number of aromatic nitrogens is 1. The quantitative estimate of drug-likeness (QED) is 0.0402. The molecule has 0 saturated carbocycles. The summed E-state index contributed by atoms with van der Waals surface area (Å²) in [7, 11) is 2.97. The van der Waals surface area contributed by atoms with Gasteiger partial charge in [0.1, 0.15) is 0 Å². The van der Waals surface area contributed by atoms with E-state index in [1.54, 1.807) is 0 Å². The number of carbonyl (C=O) groups excluding carboxylic acids is 4. The zero-order chi connectivity index (χ0) is 35.1. The van der Waals surface area contributed by atoms with Gasteiger partial charge in [-0.05, 0) is 12.8 Å². The highest BCUT2D eigenvalue weighted by atomic mass is 33.1. The minimum Gasteiger partial charge on any atom is -0.492 e. The van der Waals surface area contributed by atoms with Gasteiger partial charge in [0.25, 0.3) is 0 Å². The summed E-state index contributed by atoms with van der Waals surface area (Å²) in [4.78, 5) is 52.0. The molecule has 16 nitrogen and oxygen atoms in total. The topological polar surface area (TPSA) is 208 Å². The molecule has 6 N–H and O–H groups in total. The van der Waals surface area contributed by atoms with Gasteiger partial charge in [0.15, 0.2) is 0 Å². The van der Waals surface area contributed by atoms with Gasteiger partial charge in [-0.1, -0.05) is 28.0 Å². The predicted octanol–water partition coefficient (Wildman–Crippen LogP) is 1.04. The number of nitrogens with one attached hydrogen (secondary N) is 4. The normalized spacial score (nSPS) is 18.1. The minimum atomic E-state index is -0.587. The summed E-state index contributed by atoms with van der Waals surface area (Å²) in [5.74, 6) is 0.686. The standard InChI is InChI=1S/C30H49N5O11S3/c36-24(4-2-1-3-23-29-22(21-47-23)33-30(41)34-29)31-9-12-43-14-16-45-18-17-44-15-13-42-11-7-25(37)32-10-20-49-48-19-8-28(40)46-35-26(38)5-6-27(35)39/h5-6,22-23,29,38-39H,1-4,7-21H2,(H,31,36)(H,32,37)(H2,33,34,41)/t22-,23-,29-/m0/s1. The molecule has 278 valence electrons. The fraction of sp³-hybridized carbons (Fsp3) is 0.733. The van der Waals surface area contributed by atoms with Gasteiger partial charge >= 0.3 is 12.0 Å². The van der Waals surface area contributed by atoms with Gasteiger partial charge < -0.3 is 55.3 Å². The first-order chi connectivity index (χ1) is 23.8. The van der Waals surface area contributed by atoms with E-state index in [1.165, 1.54) is 33.7 Å². The predicted molar refractivity (Wildman–Crippen MR) is 187 cm³/mol. The molecule has 2 saturated heterocycles. The minimum absolute atomic E-state index is 0.0234. The molecule has 19 heteroatoms. The van der Waals surface area contributed by atoms with Crippen molar-refractivity contribution in [2.75, 3.05) is 83.2 Å². The second kappa shape index (κ2) is 24.6. The lowest BCUT2D eigenvalue weighted by Crippen LogP contribution is -2.36. The first-order valence-electron chi connectivity index (χ1n) is 16.4. The molecule has 0 radical (unpaired) electrons. The molecule has 2 aliphatic heterocycles. The van der Waals surface area contributed by atoms with Gasteiger partial charge in [-0.15, -0.1) is 4.73 Å². The lowest BCUT2D eigenvalue weighted by Gasteiger charge is -2.16. The van der Waals surface area contributed by atoms with Crippen LogP contribution in [-0.2, 0) is 33.3 Å². The van der Waals surface area contributed by atoms with E-state index < -0.39 is 5.97 Å². The van der Waals surface area contributed by atoms with Crippen LogP contribution in [0.15, 0.2) is 12.1 Å².